The zero-order chi connectivity index (χ0) is 23.8. The van der Waals surface area contributed by atoms with Crippen molar-refractivity contribution in [1.82, 2.24) is 19.9 Å². The Labute approximate surface area is 192 Å². The van der Waals surface area contributed by atoms with E-state index in [-0.39, 0.29) is 10.9 Å². The zero-order valence-electron chi connectivity index (χ0n) is 17.8. The van der Waals surface area contributed by atoms with Crippen LogP contribution in [0.2, 0.25) is 0 Å². The quantitative estimate of drug-likeness (QED) is 0.544. The lowest BCUT2D eigenvalue weighted by Crippen LogP contribution is -2.47. The van der Waals surface area contributed by atoms with E-state index in [1.165, 1.54) is 5.56 Å². The summed E-state index contributed by atoms with van der Waals surface area (Å²) in [5, 5.41) is 0. The summed E-state index contributed by atoms with van der Waals surface area (Å²) in [6, 6.07) is 6.53. The summed E-state index contributed by atoms with van der Waals surface area (Å²) < 4.78 is 53.8. The van der Waals surface area contributed by atoms with Gasteiger partial charge in [-0.3, -0.25) is 9.69 Å². The van der Waals surface area contributed by atoms with E-state index in [1.54, 1.807) is 11.3 Å². The van der Waals surface area contributed by atoms with E-state index in [0.29, 0.717) is 19.0 Å². The maximum atomic E-state index is 12.5. The number of hydrogen-bond donors (Lipinski definition) is 0. The predicted molar refractivity (Wildman–Crippen MR) is 120 cm³/mol. The number of amides is 1. The van der Waals surface area contributed by atoms with Gasteiger partial charge in [0.2, 0.25) is 5.95 Å². The third kappa shape index (κ3) is 5.14. The standard InChI is InChI=1S/C20H21F3N6O2S2/c1-13(14-3-4-17-16(9-14)26-12-32-17)28-5-7-29(8-6-28)19-24-10-15(11-25-19)33(2,31)27-18(30)20(21,22)23/h3-4,9-13H,5-8H2,1-2H3. The molecule has 0 aliphatic carbocycles. The molecule has 0 bridgehead atoms. The first-order valence-corrected chi connectivity index (χ1v) is 12.8. The van der Waals surface area contributed by atoms with Crippen LogP contribution in [-0.4, -0.2) is 68.6 Å². The lowest BCUT2D eigenvalue weighted by atomic mass is 10.1. The van der Waals surface area contributed by atoms with Crippen LogP contribution in [0, 0.1) is 0 Å². The number of aromatic nitrogens is 3. The first kappa shape index (κ1) is 23.5. The van der Waals surface area contributed by atoms with Gasteiger partial charge >= 0.3 is 12.1 Å². The minimum absolute atomic E-state index is 0.131. The lowest BCUT2D eigenvalue weighted by Gasteiger charge is -2.38. The molecule has 13 heteroatoms. The molecule has 3 heterocycles. The smallest absolute Gasteiger partial charge is 0.338 e. The van der Waals surface area contributed by atoms with Gasteiger partial charge in [0.25, 0.3) is 0 Å². The number of halogens is 3. The van der Waals surface area contributed by atoms with Crippen LogP contribution in [0.25, 0.3) is 10.2 Å². The molecule has 1 saturated heterocycles. The van der Waals surface area contributed by atoms with Crippen molar-refractivity contribution in [1.29, 1.82) is 0 Å². The number of benzene rings is 1. The highest BCUT2D eigenvalue weighted by Gasteiger charge is 2.39. The normalized spacial score (nSPS) is 18.2. The van der Waals surface area contributed by atoms with Crippen molar-refractivity contribution in [2.45, 2.75) is 24.0 Å². The molecular weight excluding hydrogens is 477 g/mol. The SMILES string of the molecule is CC(c1ccc2scnc2c1)N1CCN(c2ncc(S(C)(=O)=NC(=O)C(F)(F)F)cn2)CC1. The maximum Gasteiger partial charge on any atom is 0.474 e. The molecule has 4 rings (SSSR count). The summed E-state index contributed by atoms with van der Waals surface area (Å²) in [7, 11) is -3.60. The molecule has 0 N–H and O–H groups in total. The van der Waals surface area contributed by atoms with E-state index >= 15 is 0 Å². The molecule has 1 fully saturated rings. The molecule has 0 radical (unpaired) electrons. The molecule has 1 aliphatic heterocycles. The van der Waals surface area contributed by atoms with Crippen molar-refractivity contribution < 1.29 is 22.2 Å². The number of thiazole rings is 1. The Balaban J connectivity index is 1.41. The zero-order valence-corrected chi connectivity index (χ0v) is 19.5. The highest BCUT2D eigenvalue weighted by atomic mass is 32.2. The van der Waals surface area contributed by atoms with Crippen LogP contribution < -0.4 is 4.90 Å². The van der Waals surface area contributed by atoms with Gasteiger partial charge in [-0.25, -0.2) is 19.2 Å². The third-order valence-electron chi connectivity index (χ3n) is 5.53. The van der Waals surface area contributed by atoms with Crippen molar-refractivity contribution in [3.63, 3.8) is 0 Å². The van der Waals surface area contributed by atoms with Crippen molar-refractivity contribution in [2.24, 2.45) is 4.36 Å². The van der Waals surface area contributed by atoms with E-state index in [1.807, 2.05) is 10.4 Å². The van der Waals surface area contributed by atoms with E-state index in [2.05, 4.69) is 49.3 Å². The Morgan fingerprint density at radius 3 is 2.45 bits per heavy atom. The molecule has 33 heavy (non-hydrogen) atoms. The van der Waals surface area contributed by atoms with Gasteiger partial charge in [0.05, 0.1) is 30.4 Å². The second kappa shape index (κ2) is 8.95. The highest BCUT2D eigenvalue weighted by molar-refractivity contribution is 7.93. The Morgan fingerprint density at radius 2 is 1.82 bits per heavy atom. The number of anilines is 1. The number of rotatable bonds is 4. The van der Waals surface area contributed by atoms with E-state index in [4.69, 9.17) is 0 Å². The van der Waals surface area contributed by atoms with Gasteiger partial charge in [0, 0.05) is 50.9 Å². The van der Waals surface area contributed by atoms with Crippen LogP contribution in [0.1, 0.15) is 18.5 Å². The molecule has 176 valence electrons. The van der Waals surface area contributed by atoms with E-state index < -0.39 is 21.8 Å². The van der Waals surface area contributed by atoms with Gasteiger partial charge in [-0.15, -0.1) is 15.7 Å². The second-order valence-electron chi connectivity index (χ2n) is 7.69. The molecule has 0 spiro atoms. The number of nitrogens with zero attached hydrogens (tertiary/aromatic N) is 6. The van der Waals surface area contributed by atoms with Crippen molar-refractivity contribution in [2.75, 3.05) is 37.3 Å². The Hall–Kier alpha value is -2.64. The number of hydrogen-bond acceptors (Lipinski definition) is 8. The number of carbonyl (C=O) groups is 1. The summed E-state index contributed by atoms with van der Waals surface area (Å²) in [4.78, 5) is 27.9. The largest absolute Gasteiger partial charge is 0.474 e. The first-order chi connectivity index (χ1) is 15.5. The molecule has 1 amide bonds. The van der Waals surface area contributed by atoms with E-state index in [9.17, 15) is 22.2 Å². The van der Waals surface area contributed by atoms with Gasteiger partial charge < -0.3 is 4.90 Å². The molecule has 2 unspecified atom stereocenters. The number of alkyl halides is 3. The molecule has 2 aromatic heterocycles. The van der Waals surface area contributed by atoms with Crippen LogP contribution in [0.15, 0.2) is 45.4 Å². The average molecular weight is 499 g/mol. The average Bonchev–Trinajstić information content (AvgIpc) is 3.26. The second-order valence-corrected chi connectivity index (χ2v) is 10.8. The minimum atomic E-state index is -5.18. The van der Waals surface area contributed by atoms with E-state index in [0.717, 1.165) is 42.0 Å². The topological polar surface area (TPSA) is 91.7 Å². The van der Waals surface area contributed by atoms with Crippen LogP contribution in [0.4, 0.5) is 19.1 Å². The Bertz CT molecular complexity index is 1280. The first-order valence-electron chi connectivity index (χ1n) is 10.0. The Morgan fingerprint density at radius 1 is 1.15 bits per heavy atom. The fraction of sp³-hybridized carbons (Fsp3) is 0.400. The lowest BCUT2D eigenvalue weighted by molar-refractivity contribution is -0.169. The third-order valence-corrected chi connectivity index (χ3v) is 7.94. The van der Waals surface area contributed by atoms with Crippen molar-refractivity contribution in [3.05, 3.63) is 41.7 Å². The summed E-state index contributed by atoms with van der Waals surface area (Å²) in [6.07, 6.45) is -1.90. The number of piperazine rings is 1. The van der Waals surface area contributed by atoms with Crippen LogP contribution in [0.5, 0.6) is 0 Å². The van der Waals surface area contributed by atoms with Crippen molar-refractivity contribution >= 4 is 43.1 Å². The molecular formula is C20H21F3N6O2S2. The number of fused-ring (bicyclic) bond motifs is 1. The Kier molecular flexibility index (Phi) is 6.38. The highest BCUT2D eigenvalue weighted by Crippen LogP contribution is 2.27. The summed E-state index contributed by atoms with van der Waals surface area (Å²) in [6.45, 7) is 4.99. The van der Waals surface area contributed by atoms with Gasteiger partial charge in [-0.1, -0.05) is 6.07 Å². The maximum absolute atomic E-state index is 12.5. The molecule has 3 aromatic rings. The van der Waals surface area contributed by atoms with Crippen LogP contribution >= 0.6 is 11.3 Å². The van der Waals surface area contributed by atoms with Crippen molar-refractivity contribution in [3.8, 4) is 0 Å². The summed E-state index contributed by atoms with van der Waals surface area (Å²) >= 11 is 1.61. The fourth-order valence-corrected chi connectivity index (χ4v) is 5.27. The molecule has 0 saturated carbocycles. The van der Waals surface area contributed by atoms with Gasteiger partial charge in [-0.05, 0) is 24.6 Å². The molecule has 8 nitrogen and oxygen atoms in total. The van der Waals surface area contributed by atoms with Gasteiger partial charge in [0.1, 0.15) is 0 Å². The van der Waals surface area contributed by atoms with Crippen LogP contribution in [0.3, 0.4) is 0 Å². The number of carbonyl (C=O) groups excluding carboxylic acids is 1. The fourth-order valence-electron chi connectivity index (χ4n) is 3.59. The molecule has 1 aliphatic rings. The summed E-state index contributed by atoms with van der Waals surface area (Å²) in [5.41, 5.74) is 4.02. The monoisotopic (exact) mass is 498 g/mol. The van der Waals surface area contributed by atoms with Gasteiger partial charge in [0.15, 0.2) is 0 Å². The van der Waals surface area contributed by atoms with Gasteiger partial charge in [-0.2, -0.15) is 13.2 Å². The minimum Gasteiger partial charge on any atom is -0.338 e. The summed E-state index contributed by atoms with van der Waals surface area (Å²) in [5.74, 6) is -2.01. The predicted octanol–water partition coefficient (Wildman–Crippen LogP) is 3.52. The molecule has 1 aromatic carbocycles. The van der Waals surface area contributed by atoms with Crippen LogP contribution in [-0.2, 0) is 14.5 Å². The molecule has 2 atom stereocenters.